The molecule has 0 spiro atoms. The molecule has 0 saturated heterocycles. The first-order valence-electron chi connectivity index (χ1n) is 10.0. The minimum atomic E-state index is -0.243. The number of carbonyl (C=O) groups is 1. The van der Waals surface area contributed by atoms with Crippen LogP contribution in [0.1, 0.15) is 35.1 Å². The number of amides is 1. The number of anilines is 1. The highest BCUT2D eigenvalue weighted by Crippen LogP contribution is 2.28. The van der Waals surface area contributed by atoms with Crippen LogP contribution in [0, 0.1) is 6.92 Å². The Balaban J connectivity index is 1.59. The third-order valence-corrected chi connectivity index (χ3v) is 5.60. The van der Waals surface area contributed by atoms with Crippen LogP contribution >= 0.6 is 0 Å². The highest BCUT2D eigenvalue weighted by atomic mass is 16.1. The van der Waals surface area contributed by atoms with Gasteiger partial charge in [-0.25, -0.2) is 0 Å². The molecule has 2 nitrogen and oxygen atoms in total. The van der Waals surface area contributed by atoms with Crippen molar-refractivity contribution in [3.63, 3.8) is 0 Å². The average molecular weight is 380 g/mol. The van der Waals surface area contributed by atoms with Crippen molar-refractivity contribution in [1.82, 2.24) is 0 Å². The van der Waals surface area contributed by atoms with Crippen LogP contribution in [0.5, 0.6) is 0 Å². The van der Waals surface area contributed by atoms with Crippen LogP contribution in [0.4, 0.5) is 5.69 Å². The molecule has 0 fully saturated rings. The summed E-state index contributed by atoms with van der Waals surface area (Å²) in [5.41, 5.74) is 5.60. The predicted molar refractivity (Wildman–Crippen MR) is 121 cm³/mol. The zero-order chi connectivity index (χ0) is 20.2. The summed E-state index contributed by atoms with van der Waals surface area (Å²) in [6, 6.07) is 30.8. The molecule has 1 N–H and O–H groups in total. The summed E-state index contributed by atoms with van der Waals surface area (Å²) in [4.78, 5) is 13.1. The molecule has 0 heterocycles. The topological polar surface area (TPSA) is 29.1 Å². The van der Waals surface area contributed by atoms with Gasteiger partial charge in [-0.3, -0.25) is 4.79 Å². The minimum absolute atomic E-state index is 0.0126. The molecule has 4 rings (SSSR count). The molecule has 1 amide bonds. The van der Waals surface area contributed by atoms with E-state index < -0.39 is 0 Å². The molecule has 1 unspecified atom stereocenters. The van der Waals surface area contributed by atoms with Gasteiger partial charge in [0.1, 0.15) is 0 Å². The molecule has 0 aromatic heterocycles. The first-order valence-corrected chi connectivity index (χ1v) is 10.0. The van der Waals surface area contributed by atoms with Gasteiger partial charge in [0.25, 0.3) is 0 Å². The summed E-state index contributed by atoms with van der Waals surface area (Å²) < 4.78 is 0. The number of rotatable bonds is 5. The predicted octanol–water partition coefficient (Wildman–Crippen LogP) is 6.48. The lowest BCUT2D eigenvalue weighted by molar-refractivity contribution is -0.117. The van der Waals surface area contributed by atoms with Crippen LogP contribution in [-0.2, 0) is 11.2 Å². The minimum Gasteiger partial charge on any atom is -0.325 e. The number of para-hydroxylation sites is 1. The van der Waals surface area contributed by atoms with Gasteiger partial charge in [0.15, 0.2) is 0 Å². The molecule has 0 saturated carbocycles. The molecule has 0 aliphatic carbocycles. The molecule has 0 radical (unpaired) electrons. The Morgan fingerprint density at radius 2 is 1.45 bits per heavy atom. The van der Waals surface area contributed by atoms with E-state index in [1.54, 1.807) is 0 Å². The van der Waals surface area contributed by atoms with Crippen molar-refractivity contribution < 1.29 is 4.79 Å². The zero-order valence-electron chi connectivity index (χ0n) is 16.9. The van der Waals surface area contributed by atoms with Crippen LogP contribution < -0.4 is 5.32 Å². The SMILES string of the molecule is Cc1ccccc1Cc1ccccc1NC(=O)C(C)c1cccc2ccccc12. The Morgan fingerprint density at radius 1 is 0.793 bits per heavy atom. The Kier molecular flexibility index (Phi) is 5.44. The number of fused-ring (bicyclic) bond motifs is 1. The monoisotopic (exact) mass is 379 g/mol. The molecule has 4 aromatic rings. The quantitative estimate of drug-likeness (QED) is 0.422. The largest absolute Gasteiger partial charge is 0.325 e. The standard InChI is InChI=1S/C27H25NO/c1-19-10-3-4-12-22(19)18-23-13-6-8-17-26(23)28-27(29)20(2)24-16-9-14-21-11-5-7-15-25(21)24/h3-17,20H,18H2,1-2H3,(H,28,29). The summed E-state index contributed by atoms with van der Waals surface area (Å²) in [7, 11) is 0. The highest BCUT2D eigenvalue weighted by molar-refractivity contribution is 5.99. The van der Waals surface area contributed by atoms with Crippen molar-refractivity contribution in [3.8, 4) is 0 Å². The lowest BCUT2D eigenvalue weighted by Gasteiger charge is -2.17. The van der Waals surface area contributed by atoms with E-state index in [0.717, 1.165) is 34.0 Å². The zero-order valence-corrected chi connectivity index (χ0v) is 16.9. The second kappa shape index (κ2) is 8.32. The first kappa shape index (κ1) is 18.9. The van der Waals surface area contributed by atoms with E-state index in [1.807, 2.05) is 49.4 Å². The van der Waals surface area contributed by atoms with Gasteiger partial charge in [-0.05, 0) is 59.4 Å². The fourth-order valence-electron chi connectivity index (χ4n) is 3.82. The third kappa shape index (κ3) is 4.07. The molecule has 0 bridgehead atoms. The summed E-state index contributed by atoms with van der Waals surface area (Å²) in [5, 5.41) is 5.46. The maximum Gasteiger partial charge on any atom is 0.231 e. The first-order chi connectivity index (χ1) is 14.1. The van der Waals surface area contributed by atoms with Crippen LogP contribution in [-0.4, -0.2) is 5.91 Å². The van der Waals surface area contributed by atoms with Gasteiger partial charge < -0.3 is 5.32 Å². The smallest absolute Gasteiger partial charge is 0.231 e. The van der Waals surface area contributed by atoms with Crippen molar-refractivity contribution in [2.75, 3.05) is 5.32 Å². The van der Waals surface area contributed by atoms with Gasteiger partial charge in [-0.2, -0.15) is 0 Å². The van der Waals surface area contributed by atoms with Crippen molar-refractivity contribution in [1.29, 1.82) is 0 Å². The van der Waals surface area contributed by atoms with Crippen molar-refractivity contribution >= 4 is 22.4 Å². The summed E-state index contributed by atoms with van der Waals surface area (Å²) in [5.74, 6) is -0.230. The van der Waals surface area contributed by atoms with Crippen LogP contribution in [0.25, 0.3) is 10.8 Å². The number of benzene rings is 4. The third-order valence-electron chi connectivity index (χ3n) is 5.60. The lowest BCUT2D eigenvalue weighted by Crippen LogP contribution is -2.20. The number of nitrogens with one attached hydrogen (secondary N) is 1. The molecule has 4 aromatic carbocycles. The second-order valence-electron chi connectivity index (χ2n) is 7.54. The van der Waals surface area contributed by atoms with E-state index in [2.05, 4.69) is 60.8 Å². The Hall–Kier alpha value is -3.39. The second-order valence-corrected chi connectivity index (χ2v) is 7.54. The molecule has 29 heavy (non-hydrogen) atoms. The maximum atomic E-state index is 13.1. The van der Waals surface area contributed by atoms with Crippen molar-refractivity contribution in [3.05, 3.63) is 113 Å². The van der Waals surface area contributed by atoms with Crippen LogP contribution in [0.15, 0.2) is 91.0 Å². The Bertz CT molecular complexity index is 1160. The molecule has 0 aliphatic rings. The number of hydrogen-bond acceptors (Lipinski definition) is 1. The molecule has 2 heteroatoms. The molecule has 1 atom stereocenters. The van der Waals surface area contributed by atoms with Crippen LogP contribution in [0.2, 0.25) is 0 Å². The molecular formula is C27H25NO. The number of carbonyl (C=O) groups excluding carboxylic acids is 1. The summed E-state index contributed by atoms with van der Waals surface area (Å²) >= 11 is 0. The fraction of sp³-hybridized carbons (Fsp3) is 0.148. The number of hydrogen-bond donors (Lipinski definition) is 1. The van der Waals surface area contributed by atoms with E-state index >= 15 is 0 Å². The van der Waals surface area contributed by atoms with Gasteiger partial charge >= 0.3 is 0 Å². The van der Waals surface area contributed by atoms with E-state index in [1.165, 1.54) is 11.1 Å². The average Bonchev–Trinajstić information content (AvgIpc) is 2.75. The van der Waals surface area contributed by atoms with Crippen molar-refractivity contribution in [2.45, 2.75) is 26.2 Å². The normalized spacial score (nSPS) is 11.9. The fourth-order valence-corrected chi connectivity index (χ4v) is 3.82. The lowest BCUT2D eigenvalue weighted by atomic mass is 9.93. The van der Waals surface area contributed by atoms with Gasteiger partial charge in [0, 0.05) is 5.69 Å². The van der Waals surface area contributed by atoms with Gasteiger partial charge in [-0.15, -0.1) is 0 Å². The van der Waals surface area contributed by atoms with Crippen molar-refractivity contribution in [2.24, 2.45) is 0 Å². The van der Waals surface area contributed by atoms with E-state index in [0.29, 0.717) is 0 Å². The molecular weight excluding hydrogens is 354 g/mol. The summed E-state index contributed by atoms with van der Waals surface area (Å²) in [6.07, 6.45) is 0.797. The van der Waals surface area contributed by atoms with E-state index in [-0.39, 0.29) is 11.8 Å². The van der Waals surface area contributed by atoms with E-state index in [9.17, 15) is 4.79 Å². The van der Waals surface area contributed by atoms with E-state index in [4.69, 9.17) is 0 Å². The molecule has 0 aliphatic heterocycles. The van der Waals surface area contributed by atoms with Gasteiger partial charge in [0.2, 0.25) is 5.91 Å². The maximum absolute atomic E-state index is 13.1. The van der Waals surface area contributed by atoms with Crippen LogP contribution in [0.3, 0.4) is 0 Å². The van der Waals surface area contributed by atoms with Gasteiger partial charge in [-0.1, -0.05) is 84.9 Å². The Labute approximate surface area is 172 Å². The number of aryl methyl sites for hydroxylation is 1. The van der Waals surface area contributed by atoms with Gasteiger partial charge in [0.05, 0.1) is 5.92 Å². The highest BCUT2D eigenvalue weighted by Gasteiger charge is 2.18. The summed E-state index contributed by atoms with van der Waals surface area (Å²) in [6.45, 7) is 4.10. The molecule has 144 valence electrons. The Morgan fingerprint density at radius 3 is 2.28 bits per heavy atom.